The van der Waals surface area contributed by atoms with Gasteiger partial charge in [-0.2, -0.15) is 0 Å². The molecule has 1 N–H and O–H groups in total. The van der Waals surface area contributed by atoms with Crippen LogP contribution in [0.4, 0.5) is 5.13 Å². The molecule has 7 nitrogen and oxygen atoms in total. The first-order valence-corrected chi connectivity index (χ1v) is 8.09. The summed E-state index contributed by atoms with van der Waals surface area (Å²) in [6.45, 7) is 6.00. The van der Waals surface area contributed by atoms with Gasteiger partial charge in [0.05, 0.1) is 5.75 Å². The van der Waals surface area contributed by atoms with Gasteiger partial charge >= 0.3 is 0 Å². The van der Waals surface area contributed by atoms with Crippen LogP contribution in [0.5, 0.6) is 0 Å². The summed E-state index contributed by atoms with van der Waals surface area (Å²) in [6, 6.07) is 0. The molecule has 0 aliphatic carbocycles. The number of anilines is 1. The van der Waals surface area contributed by atoms with E-state index in [9.17, 15) is 0 Å². The van der Waals surface area contributed by atoms with Crippen LogP contribution in [0.2, 0.25) is 0 Å². The molecule has 0 saturated heterocycles. The molecule has 0 amide bonds. The van der Waals surface area contributed by atoms with Crippen molar-refractivity contribution in [1.29, 1.82) is 0 Å². The zero-order chi connectivity index (χ0) is 13.5. The Hall–Kier alpha value is -1.22. The number of aromatic nitrogens is 6. The number of nitrogens with one attached hydrogen (secondary N) is 1. The van der Waals surface area contributed by atoms with E-state index in [2.05, 4.69) is 44.9 Å². The molecule has 104 valence electrons. The first kappa shape index (κ1) is 14.2. The molecule has 0 atom stereocenters. The first-order chi connectivity index (χ1) is 9.33. The van der Waals surface area contributed by atoms with E-state index in [0.717, 1.165) is 47.0 Å². The summed E-state index contributed by atoms with van der Waals surface area (Å²) in [5.74, 6) is 1.60. The fraction of sp³-hybridized carbons (Fsp3) is 0.700. The Balaban J connectivity index is 1.87. The van der Waals surface area contributed by atoms with Gasteiger partial charge in [-0.05, 0) is 23.3 Å². The van der Waals surface area contributed by atoms with E-state index in [1.807, 2.05) is 4.68 Å². The molecule has 0 fully saturated rings. The zero-order valence-electron chi connectivity index (χ0n) is 11.0. The van der Waals surface area contributed by atoms with Crippen molar-refractivity contribution in [2.45, 2.75) is 43.3 Å². The van der Waals surface area contributed by atoms with Crippen LogP contribution in [-0.4, -0.2) is 36.9 Å². The van der Waals surface area contributed by atoms with Gasteiger partial charge in [0.1, 0.15) is 0 Å². The molecule has 0 bridgehead atoms. The molecule has 2 aromatic heterocycles. The average Bonchev–Trinajstić information content (AvgIpc) is 3.03. The molecular weight excluding hydrogens is 282 g/mol. The maximum absolute atomic E-state index is 4.14. The van der Waals surface area contributed by atoms with Crippen molar-refractivity contribution >= 4 is 28.2 Å². The zero-order valence-corrected chi connectivity index (χ0v) is 12.7. The number of rotatable bonds is 8. The standard InChI is InChI=1S/C10H17N7S2/c1-3-5-11-9-13-14-10(19-9)18-7-8-12-15-16-17(8)6-4-2/h3-7H2,1-2H3,(H,11,13). The lowest BCUT2D eigenvalue weighted by atomic mass is 10.5. The van der Waals surface area contributed by atoms with Crippen molar-refractivity contribution in [3.8, 4) is 0 Å². The Morgan fingerprint density at radius 1 is 1.21 bits per heavy atom. The summed E-state index contributed by atoms with van der Waals surface area (Å²) in [5, 5.41) is 24.0. The highest BCUT2D eigenvalue weighted by molar-refractivity contribution is 8.00. The number of nitrogens with zero attached hydrogens (tertiary/aromatic N) is 6. The number of hydrogen-bond donors (Lipinski definition) is 1. The van der Waals surface area contributed by atoms with Crippen LogP contribution >= 0.6 is 23.1 Å². The Labute approximate surface area is 120 Å². The van der Waals surface area contributed by atoms with Gasteiger partial charge in [0.2, 0.25) is 5.13 Å². The monoisotopic (exact) mass is 299 g/mol. The molecule has 0 unspecified atom stereocenters. The number of hydrogen-bond acceptors (Lipinski definition) is 8. The summed E-state index contributed by atoms with van der Waals surface area (Å²) in [6.07, 6.45) is 2.10. The molecule has 2 heterocycles. The maximum Gasteiger partial charge on any atom is 0.206 e. The lowest BCUT2D eigenvalue weighted by Crippen LogP contribution is -2.04. The van der Waals surface area contributed by atoms with Crippen molar-refractivity contribution < 1.29 is 0 Å². The molecule has 2 aromatic rings. The van der Waals surface area contributed by atoms with Crippen LogP contribution in [0.25, 0.3) is 0 Å². The summed E-state index contributed by atoms with van der Waals surface area (Å²) in [7, 11) is 0. The van der Waals surface area contributed by atoms with E-state index in [4.69, 9.17) is 0 Å². The summed E-state index contributed by atoms with van der Waals surface area (Å²) in [5.41, 5.74) is 0. The molecule has 0 aliphatic heterocycles. The Kier molecular flexibility index (Phi) is 5.52. The summed E-state index contributed by atoms with van der Waals surface area (Å²) >= 11 is 3.18. The third-order valence-corrected chi connectivity index (χ3v) is 4.31. The number of thioether (sulfide) groups is 1. The highest BCUT2D eigenvalue weighted by Gasteiger charge is 2.09. The fourth-order valence-corrected chi connectivity index (χ4v) is 3.12. The van der Waals surface area contributed by atoms with Gasteiger partial charge in [-0.15, -0.1) is 15.3 Å². The fourth-order valence-electron chi connectivity index (χ4n) is 1.41. The van der Waals surface area contributed by atoms with Crippen LogP contribution in [-0.2, 0) is 12.3 Å². The quantitative estimate of drug-likeness (QED) is 0.747. The van der Waals surface area contributed by atoms with Gasteiger partial charge in [-0.1, -0.05) is 36.9 Å². The average molecular weight is 299 g/mol. The number of aryl methyl sites for hydroxylation is 1. The molecule has 9 heteroatoms. The second-order valence-electron chi connectivity index (χ2n) is 3.91. The second-order valence-corrected chi connectivity index (χ2v) is 6.11. The molecular formula is C10H17N7S2. The highest BCUT2D eigenvalue weighted by Crippen LogP contribution is 2.27. The van der Waals surface area contributed by atoms with E-state index >= 15 is 0 Å². The largest absolute Gasteiger partial charge is 0.360 e. The lowest BCUT2D eigenvalue weighted by molar-refractivity contribution is 0.564. The van der Waals surface area contributed by atoms with Crippen LogP contribution in [0, 0.1) is 0 Å². The van der Waals surface area contributed by atoms with Gasteiger partial charge < -0.3 is 5.32 Å². The molecule has 0 aliphatic rings. The van der Waals surface area contributed by atoms with E-state index < -0.39 is 0 Å². The van der Waals surface area contributed by atoms with Gasteiger partial charge in [0.25, 0.3) is 0 Å². The van der Waals surface area contributed by atoms with Crippen molar-refractivity contribution in [1.82, 2.24) is 30.4 Å². The van der Waals surface area contributed by atoms with E-state index in [0.29, 0.717) is 0 Å². The van der Waals surface area contributed by atoms with Crippen molar-refractivity contribution in [2.75, 3.05) is 11.9 Å². The SMILES string of the molecule is CCCNc1nnc(SCc2nnnn2CCC)s1. The Morgan fingerprint density at radius 2 is 2.11 bits per heavy atom. The van der Waals surface area contributed by atoms with E-state index in [1.165, 1.54) is 0 Å². The van der Waals surface area contributed by atoms with Crippen LogP contribution in [0.3, 0.4) is 0 Å². The summed E-state index contributed by atoms with van der Waals surface area (Å²) in [4.78, 5) is 0. The third kappa shape index (κ3) is 4.13. The van der Waals surface area contributed by atoms with Crippen molar-refractivity contribution in [3.63, 3.8) is 0 Å². The Morgan fingerprint density at radius 3 is 2.89 bits per heavy atom. The smallest absolute Gasteiger partial charge is 0.206 e. The van der Waals surface area contributed by atoms with E-state index in [1.54, 1.807) is 23.1 Å². The van der Waals surface area contributed by atoms with Gasteiger partial charge in [0.15, 0.2) is 10.2 Å². The topological polar surface area (TPSA) is 81.4 Å². The predicted octanol–water partition coefficient (Wildman–Crippen LogP) is 2.05. The van der Waals surface area contributed by atoms with Gasteiger partial charge in [0, 0.05) is 13.1 Å². The molecule has 19 heavy (non-hydrogen) atoms. The molecule has 0 saturated carbocycles. The minimum Gasteiger partial charge on any atom is -0.360 e. The first-order valence-electron chi connectivity index (χ1n) is 6.28. The van der Waals surface area contributed by atoms with Crippen LogP contribution < -0.4 is 5.32 Å². The van der Waals surface area contributed by atoms with Crippen LogP contribution in [0.15, 0.2) is 4.34 Å². The third-order valence-electron chi connectivity index (χ3n) is 2.30. The molecule has 0 aromatic carbocycles. The van der Waals surface area contributed by atoms with E-state index in [-0.39, 0.29) is 0 Å². The second kappa shape index (κ2) is 7.39. The van der Waals surface area contributed by atoms with Crippen LogP contribution in [0.1, 0.15) is 32.5 Å². The van der Waals surface area contributed by atoms with Crippen molar-refractivity contribution in [3.05, 3.63) is 5.82 Å². The minimum atomic E-state index is 0.718. The minimum absolute atomic E-state index is 0.718. The number of tetrazole rings is 1. The molecule has 0 spiro atoms. The van der Waals surface area contributed by atoms with Gasteiger partial charge in [-0.3, -0.25) is 0 Å². The molecule has 0 radical (unpaired) electrons. The maximum atomic E-state index is 4.14. The predicted molar refractivity (Wildman–Crippen MR) is 76.4 cm³/mol. The summed E-state index contributed by atoms with van der Waals surface area (Å²) < 4.78 is 2.77. The Bertz CT molecular complexity index is 496. The van der Waals surface area contributed by atoms with Gasteiger partial charge in [-0.25, -0.2) is 4.68 Å². The lowest BCUT2D eigenvalue weighted by Gasteiger charge is -2.00. The highest BCUT2D eigenvalue weighted by atomic mass is 32.2. The molecule has 2 rings (SSSR count). The normalized spacial score (nSPS) is 10.8. The van der Waals surface area contributed by atoms with Crippen molar-refractivity contribution in [2.24, 2.45) is 0 Å².